The molecule has 0 amide bonds. The maximum atomic E-state index is 10.6. The Kier molecular flexibility index (Phi) is 2.67. The minimum atomic E-state index is -1.36. The summed E-state index contributed by atoms with van der Waals surface area (Å²) in [5.74, 6) is -0.209. The molecule has 0 radical (unpaired) electrons. The van der Waals surface area contributed by atoms with Gasteiger partial charge in [0.05, 0.1) is 0 Å². The normalized spacial score (nSPS) is 16.9. The molecule has 1 aliphatic heterocycles. The van der Waals surface area contributed by atoms with Gasteiger partial charge in [-0.3, -0.25) is 4.79 Å². The molecule has 0 saturated heterocycles. The molecule has 16 heavy (non-hydrogen) atoms. The van der Waals surface area contributed by atoms with Crippen LogP contribution >= 0.6 is 0 Å². The Morgan fingerprint density at radius 3 is 2.75 bits per heavy atom. The van der Waals surface area contributed by atoms with Crippen LogP contribution in [-0.4, -0.2) is 29.0 Å². The van der Waals surface area contributed by atoms with E-state index in [1.807, 2.05) is 0 Å². The van der Waals surface area contributed by atoms with E-state index in [2.05, 4.69) is 0 Å². The first kappa shape index (κ1) is 10.7. The summed E-state index contributed by atoms with van der Waals surface area (Å²) in [4.78, 5) is 10.6. The number of aliphatic carboxylic acids is 1. The van der Waals surface area contributed by atoms with Crippen LogP contribution in [-0.2, 0) is 4.79 Å². The highest BCUT2D eigenvalue weighted by Gasteiger charge is 2.25. The third kappa shape index (κ3) is 1.80. The van der Waals surface area contributed by atoms with Crippen molar-refractivity contribution in [2.24, 2.45) is 5.73 Å². The Morgan fingerprint density at radius 2 is 2.06 bits per heavy atom. The molecule has 6 heteroatoms. The Balaban J connectivity index is 2.24. The zero-order valence-corrected chi connectivity index (χ0v) is 8.29. The van der Waals surface area contributed by atoms with Crippen molar-refractivity contribution in [3.8, 4) is 11.5 Å². The number of ether oxygens (including phenoxy) is 2. The van der Waals surface area contributed by atoms with Gasteiger partial charge < -0.3 is 25.4 Å². The smallest absolute Gasteiger partial charge is 0.323 e. The maximum absolute atomic E-state index is 10.6. The fourth-order valence-corrected chi connectivity index (χ4v) is 1.44. The van der Waals surface area contributed by atoms with E-state index >= 15 is 0 Å². The van der Waals surface area contributed by atoms with Gasteiger partial charge in [-0.1, -0.05) is 6.07 Å². The van der Waals surface area contributed by atoms with Crippen molar-refractivity contribution in [2.75, 3.05) is 6.79 Å². The second-order valence-electron chi connectivity index (χ2n) is 3.42. The number of carboxylic acids is 1. The summed E-state index contributed by atoms with van der Waals surface area (Å²) in [7, 11) is 0. The molecule has 6 nitrogen and oxygen atoms in total. The number of aliphatic hydroxyl groups excluding tert-OH is 1. The lowest BCUT2D eigenvalue weighted by Crippen LogP contribution is -2.36. The molecule has 0 spiro atoms. The molecule has 86 valence electrons. The first-order valence-corrected chi connectivity index (χ1v) is 4.65. The highest BCUT2D eigenvalue weighted by atomic mass is 16.7. The van der Waals surface area contributed by atoms with Crippen LogP contribution in [0.25, 0.3) is 0 Å². The van der Waals surface area contributed by atoms with Gasteiger partial charge in [-0.2, -0.15) is 0 Å². The van der Waals surface area contributed by atoms with E-state index in [0.29, 0.717) is 17.1 Å². The van der Waals surface area contributed by atoms with Crippen molar-refractivity contribution in [3.05, 3.63) is 23.8 Å². The molecule has 0 bridgehead atoms. The molecule has 2 rings (SSSR count). The number of hydrogen-bond acceptors (Lipinski definition) is 5. The van der Waals surface area contributed by atoms with Gasteiger partial charge in [-0.25, -0.2) is 0 Å². The average molecular weight is 228 g/mol. The van der Waals surface area contributed by atoms with Crippen molar-refractivity contribution in [2.45, 2.75) is 12.1 Å². The number of nitrogens with two attached hydrogens (primary N) is 1. The van der Waals surface area contributed by atoms with E-state index in [1.54, 1.807) is 12.1 Å². The molecule has 0 aromatic heterocycles. The van der Waals surface area contributed by atoms with Gasteiger partial charge in [0.1, 0.15) is 12.1 Å². The highest BCUT2D eigenvalue weighted by Crippen LogP contribution is 2.34. The number of hydrogen-bond donors (Lipinski definition) is 3. The standard InChI is InChI=1S/C10H11NO5/c11-8(10(13)14)9(12)5-1-2-6-7(3-5)16-4-15-6/h1-3,8-9,12H,4,11H2,(H,13,14)/t8-,9-/m0/s1/i8+1,10+1,11+1. The third-order valence-corrected chi connectivity index (χ3v) is 2.36. The fraction of sp³-hybridized carbons (Fsp3) is 0.300. The van der Waals surface area contributed by atoms with Gasteiger partial charge in [-0.05, 0) is 17.7 Å². The SMILES string of the molecule is [15NH2][13C@@H]([C@@H](O)c1ccc2c(c1)OCO2)[13C](=O)O. The Bertz CT molecular complexity index is 420. The summed E-state index contributed by atoms with van der Waals surface area (Å²) in [5, 5.41) is 18.4. The summed E-state index contributed by atoms with van der Waals surface area (Å²) < 4.78 is 10.2. The molecule has 4 N–H and O–H groups in total. The zero-order valence-electron chi connectivity index (χ0n) is 8.29. The monoisotopic (exact) mass is 228 g/mol. The van der Waals surface area contributed by atoms with Crippen molar-refractivity contribution < 1.29 is 24.5 Å². The van der Waals surface area contributed by atoms with Crippen molar-refractivity contribution in [1.82, 2.24) is 0 Å². The Hall–Kier alpha value is -1.79. The van der Waals surface area contributed by atoms with Gasteiger partial charge in [-0.15, -0.1) is 0 Å². The minimum Gasteiger partial charge on any atom is -0.480 e. The van der Waals surface area contributed by atoms with Crippen LogP contribution in [0.3, 0.4) is 0 Å². The second-order valence-corrected chi connectivity index (χ2v) is 3.42. The third-order valence-electron chi connectivity index (χ3n) is 2.36. The molecular weight excluding hydrogens is 217 g/mol. The summed E-state index contributed by atoms with van der Waals surface area (Å²) in [6.07, 6.45) is -1.27. The number of carbonyl (C=O) groups is 1. The van der Waals surface area contributed by atoms with Gasteiger partial charge in [0.25, 0.3) is 0 Å². The van der Waals surface area contributed by atoms with Crippen molar-refractivity contribution >= 4 is 5.97 Å². The van der Waals surface area contributed by atoms with E-state index in [1.165, 1.54) is 6.07 Å². The number of aliphatic hydroxyl groups is 1. The Morgan fingerprint density at radius 1 is 1.38 bits per heavy atom. The molecule has 0 saturated carbocycles. The molecule has 0 aliphatic carbocycles. The topological polar surface area (TPSA) is 102 Å². The lowest BCUT2D eigenvalue weighted by atomic mass is 10.1. The van der Waals surface area contributed by atoms with E-state index in [4.69, 9.17) is 20.3 Å². The van der Waals surface area contributed by atoms with Gasteiger partial charge >= 0.3 is 5.97 Å². The number of fused-ring (bicyclic) bond motifs is 1. The molecule has 0 fully saturated rings. The maximum Gasteiger partial charge on any atom is 0.323 e. The predicted octanol–water partition coefficient (Wildman–Crippen LogP) is -0.139. The molecule has 0 unspecified atom stereocenters. The van der Waals surface area contributed by atoms with E-state index in [9.17, 15) is 9.90 Å². The van der Waals surface area contributed by atoms with Crippen LogP contribution in [0, 0.1) is 0 Å². The molecule has 1 aliphatic rings. The fourth-order valence-electron chi connectivity index (χ4n) is 1.44. The first-order chi connectivity index (χ1) is 7.59. The summed E-state index contributed by atoms with van der Waals surface area (Å²) in [5.41, 5.74) is 5.70. The summed E-state index contributed by atoms with van der Waals surface area (Å²) in [6, 6.07) is 3.33. The largest absolute Gasteiger partial charge is 0.480 e. The van der Waals surface area contributed by atoms with Crippen LogP contribution in [0.4, 0.5) is 0 Å². The molecule has 1 heterocycles. The zero-order chi connectivity index (χ0) is 11.7. The minimum absolute atomic E-state index is 0.125. The molecular formula is C10H11NO5. The van der Waals surface area contributed by atoms with Crippen molar-refractivity contribution in [1.29, 1.82) is 0 Å². The van der Waals surface area contributed by atoms with Gasteiger partial charge in [0, 0.05) is 0 Å². The molecule has 1 aromatic rings. The number of benzene rings is 1. The predicted molar refractivity (Wildman–Crippen MR) is 53.1 cm³/mol. The van der Waals surface area contributed by atoms with Crippen LogP contribution in [0.2, 0.25) is 0 Å². The van der Waals surface area contributed by atoms with Crippen LogP contribution < -0.4 is 15.2 Å². The van der Waals surface area contributed by atoms with Crippen molar-refractivity contribution in [3.63, 3.8) is 0 Å². The van der Waals surface area contributed by atoms with Crippen LogP contribution in [0.1, 0.15) is 11.7 Å². The molecule has 1 aromatic carbocycles. The molecule has 2 atom stereocenters. The summed E-state index contributed by atoms with van der Waals surface area (Å²) in [6.45, 7) is 0.125. The lowest BCUT2D eigenvalue weighted by Gasteiger charge is -2.15. The number of carboxylic acid groups (broad SMARTS) is 1. The van der Waals surface area contributed by atoms with Crippen LogP contribution in [0.5, 0.6) is 11.5 Å². The first-order valence-electron chi connectivity index (χ1n) is 4.65. The quantitative estimate of drug-likeness (QED) is 0.491. The van der Waals surface area contributed by atoms with Gasteiger partial charge in [0.15, 0.2) is 11.5 Å². The Labute approximate surface area is 91.2 Å². The van der Waals surface area contributed by atoms with E-state index < -0.39 is 18.1 Å². The average Bonchev–Trinajstić information content (AvgIpc) is 2.73. The van der Waals surface area contributed by atoms with E-state index in [-0.39, 0.29) is 6.79 Å². The number of rotatable bonds is 3. The lowest BCUT2D eigenvalue weighted by molar-refractivity contribution is -0.141. The highest BCUT2D eigenvalue weighted by molar-refractivity contribution is 5.74. The van der Waals surface area contributed by atoms with Crippen LogP contribution in [0.15, 0.2) is 18.2 Å². The second kappa shape index (κ2) is 3.99. The summed E-state index contributed by atoms with van der Waals surface area (Å²) >= 11 is 0. The van der Waals surface area contributed by atoms with E-state index in [0.717, 1.165) is 0 Å². The van der Waals surface area contributed by atoms with Gasteiger partial charge in [0.2, 0.25) is 6.79 Å².